The summed E-state index contributed by atoms with van der Waals surface area (Å²) in [5.41, 5.74) is 2.49. The Morgan fingerprint density at radius 3 is 2.33 bits per heavy atom. The van der Waals surface area contributed by atoms with Crippen LogP contribution in [0.4, 0.5) is 0 Å². The van der Waals surface area contributed by atoms with Crippen LogP contribution in [0.15, 0.2) is 11.1 Å². The number of rotatable bonds is 1. The van der Waals surface area contributed by atoms with Crippen molar-refractivity contribution in [2.45, 2.75) is 38.4 Å². The van der Waals surface area contributed by atoms with E-state index >= 15 is 0 Å². The van der Waals surface area contributed by atoms with Crippen molar-refractivity contribution >= 4 is 19.7 Å². The fourth-order valence-corrected chi connectivity index (χ4v) is 2.75. The highest BCUT2D eigenvalue weighted by Crippen LogP contribution is 2.29. The van der Waals surface area contributed by atoms with E-state index in [1.165, 1.54) is 11.1 Å². The molecule has 0 aromatic rings. The van der Waals surface area contributed by atoms with E-state index < -0.39 is 9.05 Å². The second kappa shape index (κ2) is 3.38. The van der Waals surface area contributed by atoms with Gasteiger partial charge in [0.05, 0.1) is 5.25 Å². The summed E-state index contributed by atoms with van der Waals surface area (Å²) in [7, 11) is 1.93. The molecule has 0 aromatic heterocycles. The van der Waals surface area contributed by atoms with Gasteiger partial charge < -0.3 is 0 Å². The monoisotopic (exact) mass is 208 g/mol. The maximum absolute atomic E-state index is 11.0. The van der Waals surface area contributed by atoms with E-state index in [-0.39, 0.29) is 5.25 Å². The van der Waals surface area contributed by atoms with E-state index in [2.05, 4.69) is 0 Å². The van der Waals surface area contributed by atoms with E-state index in [1.807, 2.05) is 13.8 Å². The zero-order chi connectivity index (χ0) is 9.35. The Hall–Kier alpha value is -0.0200. The van der Waals surface area contributed by atoms with Crippen molar-refractivity contribution in [1.82, 2.24) is 0 Å². The standard InChI is InChI=1S/C8H13ClO2S/c1-6-3-4-8(5-7(6)2)12(9,10)11/h8H,3-5H2,1-2H3. The van der Waals surface area contributed by atoms with Gasteiger partial charge in [0.2, 0.25) is 9.05 Å². The van der Waals surface area contributed by atoms with Crippen molar-refractivity contribution in [2.75, 3.05) is 0 Å². The molecule has 1 atom stereocenters. The van der Waals surface area contributed by atoms with Gasteiger partial charge in [-0.1, -0.05) is 11.1 Å². The van der Waals surface area contributed by atoms with Gasteiger partial charge in [0.15, 0.2) is 0 Å². The zero-order valence-corrected chi connectivity index (χ0v) is 8.87. The van der Waals surface area contributed by atoms with Gasteiger partial charge in [-0.25, -0.2) is 8.42 Å². The maximum Gasteiger partial charge on any atom is 0.235 e. The topological polar surface area (TPSA) is 34.1 Å². The number of hydrogen-bond donors (Lipinski definition) is 0. The average Bonchev–Trinajstić information content (AvgIpc) is 1.92. The lowest BCUT2D eigenvalue weighted by molar-refractivity contribution is 0.573. The zero-order valence-electron chi connectivity index (χ0n) is 7.30. The number of hydrogen-bond acceptors (Lipinski definition) is 2. The molecular weight excluding hydrogens is 196 g/mol. The van der Waals surface area contributed by atoms with Crippen LogP contribution in [-0.2, 0) is 9.05 Å². The molecule has 0 amide bonds. The van der Waals surface area contributed by atoms with Crippen LogP contribution in [0.5, 0.6) is 0 Å². The maximum atomic E-state index is 11.0. The molecule has 1 unspecified atom stereocenters. The molecule has 0 spiro atoms. The van der Waals surface area contributed by atoms with Gasteiger partial charge in [0, 0.05) is 10.7 Å². The SMILES string of the molecule is CC1=C(C)CC(S(=O)(=O)Cl)CC1. The van der Waals surface area contributed by atoms with Gasteiger partial charge in [-0.05, 0) is 33.1 Å². The minimum Gasteiger partial charge on any atom is -0.212 e. The molecule has 0 bridgehead atoms. The third-order valence-electron chi connectivity index (χ3n) is 2.50. The summed E-state index contributed by atoms with van der Waals surface area (Å²) in [6.07, 6.45) is 2.15. The highest BCUT2D eigenvalue weighted by Gasteiger charge is 2.26. The highest BCUT2D eigenvalue weighted by molar-refractivity contribution is 8.14. The summed E-state index contributed by atoms with van der Waals surface area (Å²) in [5.74, 6) is 0. The van der Waals surface area contributed by atoms with E-state index in [9.17, 15) is 8.42 Å². The van der Waals surface area contributed by atoms with E-state index in [4.69, 9.17) is 10.7 Å². The quantitative estimate of drug-likeness (QED) is 0.490. The molecule has 0 heterocycles. The van der Waals surface area contributed by atoms with Gasteiger partial charge >= 0.3 is 0 Å². The molecule has 12 heavy (non-hydrogen) atoms. The van der Waals surface area contributed by atoms with Crippen LogP contribution in [0.25, 0.3) is 0 Å². The Labute approximate surface area is 78.0 Å². The first kappa shape index (κ1) is 10.1. The Kier molecular flexibility index (Phi) is 2.84. The van der Waals surface area contributed by atoms with Gasteiger partial charge in [-0.15, -0.1) is 0 Å². The molecule has 0 N–H and O–H groups in total. The van der Waals surface area contributed by atoms with Crippen molar-refractivity contribution in [3.05, 3.63) is 11.1 Å². The fraction of sp³-hybridized carbons (Fsp3) is 0.750. The van der Waals surface area contributed by atoms with Crippen LogP contribution < -0.4 is 0 Å². The minimum atomic E-state index is -3.34. The van der Waals surface area contributed by atoms with Crippen LogP contribution in [-0.4, -0.2) is 13.7 Å². The summed E-state index contributed by atoms with van der Waals surface area (Å²) in [4.78, 5) is 0. The fourth-order valence-electron chi connectivity index (χ4n) is 1.45. The molecule has 70 valence electrons. The average molecular weight is 209 g/mol. The molecule has 1 aliphatic carbocycles. The third-order valence-corrected chi connectivity index (χ3v) is 4.46. The number of halogens is 1. The van der Waals surface area contributed by atoms with Crippen molar-refractivity contribution in [3.8, 4) is 0 Å². The first-order valence-electron chi connectivity index (χ1n) is 4.00. The van der Waals surface area contributed by atoms with Crippen LogP contribution in [0.3, 0.4) is 0 Å². The van der Waals surface area contributed by atoms with Crippen molar-refractivity contribution in [3.63, 3.8) is 0 Å². The Morgan fingerprint density at radius 2 is 1.92 bits per heavy atom. The molecule has 0 saturated heterocycles. The molecular formula is C8H13ClO2S. The molecule has 0 fully saturated rings. The predicted molar refractivity (Wildman–Crippen MR) is 50.8 cm³/mol. The smallest absolute Gasteiger partial charge is 0.212 e. The second-order valence-electron chi connectivity index (χ2n) is 3.40. The second-order valence-corrected chi connectivity index (χ2v) is 6.31. The summed E-state index contributed by atoms with van der Waals surface area (Å²) in [5, 5.41) is -0.358. The van der Waals surface area contributed by atoms with E-state index in [1.54, 1.807) is 0 Å². The molecule has 0 aliphatic heterocycles. The lowest BCUT2D eigenvalue weighted by atomic mass is 9.94. The molecule has 2 nitrogen and oxygen atoms in total. The van der Waals surface area contributed by atoms with Gasteiger partial charge in [-0.2, -0.15) is 0 Å². The molecule has 0 saturated carbocycles. The Bertz CT molecular complexity index is 303. The summed E-state index contributed by atoms with van der Waals surface area (Å²) >= 11 is 0. The lowest BCUT2D eigenvalue weighted by Gasteiger charge is -2.21. The Morgan fingerprint density at radius 1 is 1.33 bits per heavy atom. The molecule has 1 aliphatic rings. The van der Waals surface area contributed by atoms with Crippen molar-refractivity contribution in [1.29, 1.82) is 0 Å². The third kappa shape index (κ3) is 2.23. The summed E-state index contributed by atoms with van der Waals surface area (Å²) in [6.45, 7) is 4.02. The largest absolute Gasteiger partial charge is 0.235 e. The lowest BCUT2D eigenvalue weighted by Crippen LogP contribution is -2.20. The molecule has 4 heteroatoms. The predicted octanol–water partition coefficient (Wildman–Crippen LogP) is 2.44. The first-order valence-corrected chi connectivity index (χ1v) is 6.37. The van der Waals surface area contributed by atoms with Gasteiger partial charge in [0.1, 0.15) is 0 Å². The van der Waals surface area contributed by atoms with Crippen LogP contribution in [0.2, 0.25) is 0 Å². The summed E-state index contributed by atoms with van der Waals surface area (Å²) < 4.78 is 22.0. The normalized spacial score (nSPS) is 26.1. The molecule has 0 radical (unpaired) electrons. The van der Waals surface area contributed by atoms with Gasteiger partial charge in [-0.3, -0.25) is 0 Å². The summed E-state index contributed by atoms with van der Waals surface area (Å²) in [6, 6.07) is 0. The Balaban J connectivity index is 2.81. The van der Waals surface area contributed by atoms with E-state index in [0.29, 0.717) is 12.8 Å². The van der Waals surface area contributed by atoms with Crippen LogP contribution >= 0.6 is 10.7 Å². The van der Waals surface area contributed by atoms with Crippen LogP contribution in [0.1, 0.15) is 33.1 Å². The van der Waals surface area contributed by atoms with Gasteiger partial charge in [0.25, 0.3) is 0 Å². The van der Waals surface area contributed by atoms with Crippen molar-refractivity contribution in [2.24, 2.45) is 0 Å². The molecule has 1 rings (SSSR count). The highest BCUT2D eigenvalue weighted by atomic mass is 35.7. The first-order chi connectivity index (χ1) is 5.41. The minimum absolute atomic E-state index is 0.358. The van der Waals surface area contributed by atoms with Crippen LogP contribution in [0, 0.1) is 0 Å². The molecule has 0 aromatic carbocycles. The number of allylic oxidation sites excluding steroid dienone is 2. The van der Waals surface area contributed by atoms with E-state index in [0.717, 1.165) is 6.42 Å². The van der Waals surface area contributed by atoms with Crippen molar-refractivity contribution < 1.29 is 8.42 Å².